The summed E-state index contributed by atoms with van der Waals surface area (Å²) in [5.74, 6) is 1.46. The zero-order valence-electron chi connectivity index (χ0n) is 15.5. The molecule has 3 rings (SSSR count). The first-order chi connectivity index (χ1) is 13.2. The van der Waals surface area contributed by atoms with Crippen LogP contribution in [0.5, 0.6) is 11.5 Å². The van der Waals surface area contributed by atoms with Crippen molar-refractivity contribution in [3.8, 4) is 11.5 Å². The summed E-state index contributed by atoms with van der Waals surface area (Å²) >= 11 is 9.57. The van der Waals surface area contributed by atoms with Crippen LogP contribution in [0.15, 0.2) is 40.9 Å². The maximum atomic E-state index is 6.03. The Hall–Kier alpha value is -1.27. The second-order valence-electron chi connectivity index (χ2n) is 6.52. The number of hydrogen-bond donors (Lipinski definition) is 1. The maximum Gasteiger partial charge on any atom is 0.175 e. The van der Waals surface area contributed by atoms with Crippen molar-refractivity contribution in [3.63, 3.8) is 0 Å². The Morgan fingerprint density at radius 1 is 1.19 bits per heavy atom. The van der Waals surface area contributed by atoms with Gasteiger partial charge in [-0.3, -0.25) is 0 Å². The fourth-order valence-corrected chi connectivity index (χ4v) is 3.78. The molecule has 6 heteroatoms. The number of ether oxygens (including phenoxy) is 3. The molecule has 4 nitrogen and oxygen atoms in total. The Labute approximate surface area is 174 Å². The van der Waals surface area contributed by atoms with E-state index in [0.29, 0.717) is 19.3 Å². The molecular formula is C21H25BrClNO3. The summed E-state index contributed by atoms with van der Waals surface area (Å²) in [4.78, 5) is 0. The Balaban J connectivity index is 1.64. The summed E-state index contributed by atoms with van der Waals surface area (Å²) in [6, 6.07) is 11.7. The van der Waals surface area contributed by atoms with E-state index in [9.17, 15) is 0 Å². The van der Waals surface area contributed by atoms with Crippen LogP contribution in [0.25, 0.3) is 0 Å². The monoisotopic (exact) mass is 453 g/mol. The predicted molar refractivity (Wildman–Crippen MR) is 112 cm³/mol. The molecule has 1 unspecified atom stereocenters. The van der Waals surface area contributed by atoms with Gasteiger partial charge in [0.15, 0.2) is 11.5 Å². The molecule has 1 aliphatic rings. The molecule has 2 aromatic carbocycles. The van der Waals surface area contributed by atoms with Crippen LogP contribution in [0.4, 0.5) is 0 Å². The molecular weight excluding hydrogens is 430 g/mol. The van der Waals surface area contributed by atoms with Gasteiger partial charge in [0.1, 0.15) is 6.61 Å². The zero-order valence-corrected chi connectivity index (χ0v) is 17.8. The fourth-order valence-electron chi connectivity index (χ4n) is 3.05. The highest BCUT2D eigenvalue weighted by Gasteiger charge is 2.16. The molecule has 0 bridgehead atoms. The smallest absolute Gasteiger partial charge is 0.175 e. The lowest BCUT2D eigenvalue weighted by Gasteiger charge is -2.16. The molecule has 1 aliphatic heterocycles. The minimum absolute atomic E-state index is 0.335. The van der Waals surface area contributed by atoms with Crippen molar-refractivity contribution in [1.29, 1.82) is 0 Å². The van der Waals surface area contributed by atoms with Gasteiger partial charge in [-0.25, -0.2) is 0 Å². The summed E-state index contributed by atoms with van der Waals surface area (Å²) in [6.45, 7) is 5.51. The van der Waals surface area contributed by atoms with E-state index in [1.165, 1.54) is 0 Å². The first kappa shape index (κ1) is 20.5. The topological polar surface area (TPSA) is 39.7 Å². The number of nitrogens with one attached hydrogen (secondary N) is 1. The van der Waals surface area contributed by atoms with E-state index in [1.54, 1.807) is 0 Å². The summed E-state index contributed by atoms with van der Waals surface area (Å²) in [6.07, 6.45) is 2.63. The fraction of sp³-hybridized carbons (Fsp3) is 0.429. The van der Waals surface area contributed by atoms with Crippen molar-refractivity contribution < 1.29 is 14.2 Å². The molecule has 1 saturated heterocycles. The molecule has 0 aromatic heterocycles. The van der Waals surface area contributed by atoms with Gasteiger partial charge < -0.3 is 19.5 Å². The van der Waals surface area contributed by atoms with Gasteiger partial charge in [0.25, 0.3) is 0 Å². The number of rotatable bonds is 9. The molecule has 27 heavy (non-hydrogen) atoms. The van der Waals surface area contributed by atoms with Crippen LogP contribution in [0.1, 0.15) is 30.9 Å². The Morgan fingerprint density at radius 3 is 2.70 bits per heavy atom. The Bertz CT molecular complexity index is 733. The minimum atomic E-state index is 0.335. The van der Waals surface area contributed by atoms with Gasteiger partial charge in [-0.15, -0.1) is 0 Å². The standard InChI is InChI=1S/C21H25BrClNO3/c1-2-25-20-11-16(12-24-13-18-4-3-9-26-18)10-19(22)21(20)27-14-15-5-7-17(23)8-6-15/h5-8,10-11,18,24H,2-4,9,12-14H2,1H3. The van der Waals surface area contributed by atoms with Crippen LogP contribution in [0.2, 0.25) is 5.02 Å². The summed E-state index contributed by atoms with van der Waals surface area (Å²) in [5, 5.41) is 4.19. The van der Waals surface area contributed by atoms with Crippen molar-refractivity contribution in [2.24, 2.45) is 0 Å². The molecule has 0 radical (unpaired) electrons. The van der Waals surface area contributed by atoms with E-state index in [-0.39, 0.29) is 0 Å². The highest BCUT2D eigenvalue weighted by atomic mass is 79.9. The molecule has 146 valence electrons. The lowest BCUT2D eigenvalue weighted by atomic mass is 10.2. The van der Waals surface area contributed by atoms with Gasteiger partial charge in [0, 0.05) is 24.7 Å². The average Bonchev–Trinajstić information content (AvgIpc) is 3.16. The highest BCUT2D eigenvalue weighted by Crippen LogP contribution is 2.37. The SMILES string of the molecule is CCOc1cc(CNCC2CCCO2)cc(Br)c1OCc1ccc(Cl)cc1. The summed E-state index contributed by atoms with van der Waals surface area (Å²) < 4.78 is 18.4. The third-order valence-corrected chi connectivity index (χ3v) is 5.23. The second kappa shape index (κ2) is 10.3. The van der Waals surface area contributed by atoms with E-state index >= 15 is 0 Å². The van der Waals surface area contributed by atoms with Crippen LogP contribution in [-0.4, -0.2) is 25.9 Å². The lowest BCUT2D eigenvalue weighted by Crippen LogP contribution is -2.25. The summed E-state index contributed by atoms with van der Waals surface area (Å²) in [7, 11) is 0. The van der Waals surface area contributed by atoms with Crippen molar-refractivity contribution >= 4 is 27.5 Å². The highest BCUT2D eigenvalue weighted by molar-refractivity contribution is 9.10. The average molecular weight is 455 g/mol. The van der Waals surface area contributed by atoms with Gasteiger partial charge in [-0.2, -0.15) is 0 Å². The van der Waals surface area contributed by atoms with E-state index in [0.717, 1.165) is 64.7 Å². The zero-order chi connectivity index (χ0) is 19.1. The minimum Gasteiger partial charge on any atom is -0.490 e. The maximum absolute atomic E-state index is 6.03. The third kappa shape index (κ3) is 6.11. The molecule has 0 amide bonds. The first-order valence-electron chi connectivity index (χ1n) is 9.30. The van der Waals surface area contributed by atoms with Crippen LogP contribution >= 0.6 is 27.5 Å². The third-order valence-electron chi connectivity index (χ3n) is 4.39. The quantitative estimate of drug-likeness (QED) is 0.554. The van der Waals surface area contributed by atoms with Crippen molar-refractivity contribution in [2.75, 3.05) is 19.8 Å². The molecule has 0 spiro atoms. The van der Waals surface area contributed by atoms with E-state index in [4.69, 9.17) is 25.8 Å². The number of halogens is 2. The Kier molecular flexibility index (Phi) is 7.82. The van der Waals surface area contributed by atoms with Crippen LogP contribution in [-0.2, 0) is 17.9 Å². The van der Waals surface area contributed by atoms with Crippen molar-refractivity contribution in [3.05, 3.63) is 57.0 Å². The molecule has 0 saturated carbocycles. The first-order valence-corrected chi connectivity index (χ1v) is 10.5. The number of benzene rings is 2. The lowest BCUT2D eigenvalue weighted by molar-refractivity contribution is 0.110. The van der Waals surface area contributed by atoms with Crippen molar-refractivity contribution in [1.82, 2.24) is 5.32 Å². The second-order valence-corrected chi connectivity index (χ2v) is 7.81. The van der Waals surface area contributed by atoms with Crippen LogP contribution in [0.3, 0.4) is 0 Å². The molecule has 1 heterocycles. The molecule has 1 fully saturated rings. The van der Waals surface area contributed by atoms with Crippen LogP contribution in [0, 0.1) is 0 Å². The summed E-state index contributed by atoms with van der Waals surface area (Å²) in [5.41, 5.74) is 2.19. The normalized spacial score (nSPS) is 16.5. The molecule has 1 N–H and O–H groups in total. The largest absolute Gasteiger partial charge is 0.490 e. The van der Waals surface area contributed by atoms with Gasteiger partial charge in [-0.05, 0) is 71.1 Å². The molecule has 0 aliphatic carbocycles. The predicted octanol–water partition coefficient (Wildman–Crippen LogP) is 5.35. The van der Waals surface area contributed by atoms with E-state index in [2.05, 4.69) is 27.3 Å². The van der Waals surface area contributed by atoms with Gasteiger partial charge in [-0.1, -0.05) is 23.7 Å². The Morgan fingerprint density at radius 2 is 2.00 bits per heavy atom. The molecule has 2 aromatic rings. The van der Waals surface area contributed by atoms with Gasteiger partial charge in [0.2, 0.25) is 0 Å². The van der Waals surface area contributed by atoms with Crippen molar-refractivity contribution in [2.45, 2.75) is 39.0 Å². The van der Waals surface area contributed by atoms with Gasteiger partial charge in [0.05, 0.1) is 17.2 Å². The van der Waals surface area contributed by atoms with E-state index < -0.39 is 0 Å². The van der Waals surface area contributed by atoms with Gasteiger partial charge >= 0.3 is 0 Å². The van der Waals surface area contributed by atoms with Crippen LogP contribution < -0.4 is 14.8 Å². The van der Waals surface area contributed by atoms with E-state index in [1.807, 2.05) is 37.3 Å². The number of hydrogen-bond acceptors (Lipinski definition) is 4. The molecule has 1 atom stereocenters.